The number of aromatic carboxylic acids is 1. The number of hydrogen-bond donors (Lipinski definition) is 2. The molecule has 0 aliphatic carbocycles. The third kappa shape index (κ3) is 2.43. The van der Waals surface area contributed by atoms with Crippen LogP contribution in [0.1, 0.15) is 10.4 Å². The van der Waals surface area contributed by atoms with Crippen LogP contribution in [0.3, 0.4) is 0 Å². The number of para-hydroxylation sites is 1. The molecule has 0 bridgehead atoms. The van der Waals surface area contributed by atoms with E-state index in [1.807, 2.05) is 24.3 Å². The third-order valence-electron chi connectivity index (χ3n) is 2.61. The van der Waals surface area contributed by atoms with Crippen LogP contribution in [-0.2, 0) is 0 Å². The minimum absolute atomic E-state index is 0.00489. The highest BCUT2D eigenvalue weighted by atomic mass is 35.5. The maximum absolute atomic E-state index is 11.0. The lowest BCUT2D eigenvalue weighted by atomic mass is 10.2. The molecule has 3 aromatic rings. The van der Waals surface area contributed by atoms with Gasteiger partial charge in [-0.15, -0.1) is 0 Å². The highest BCUT2D eigenvalue weighted by Gasteiger charge is 2.11. The maximum Gasteiger partial charge on any atom is 0.337 e. The Morgan fingerprint density at radius 1 is 1.35 bits per heavy atom. The SMILES string of the molecule is O=C(O)c1cc(Nc2nc3ccccc3s2)ncc1Cl. The largest absolute Gasteiger partial charge is 0.478 e. The van der Waals surface area contributed by atoms with Crippen LogP contribution in [0.5, 0.6) is 0 Å². The van der Waals surface area contributed by atoms with Gasteiger partial charge >= 0.3 is 5.97 Å². The van der Waals surface area contributed by atoms with Crippen LogP contribution < -0.4 is 5.32 Å². The summed E-state index contributed by atoms with van der Waals surface area (Å²) in [5.41, 5.74) is 0.887. The lowest BCUT2D eigenvalue weighted by molar-refractivity contribution is 0.0697. The molecule has 0 atom stereocenters. The molecule has 0 radical (unpaired) electrons. The summed E-state index contributed by atoms with van der Waals surface area (Å²) in [5, 5.41) is 12.8. The number of carboxylic acid groups (broad SMARTS) is 1. The average molecular weight is 306 g/mol. The summed E-state index contributed by atoms with van der Waals surface area (Å²) in [6.07, 6.45) is 1.31. The highest BCUT2D eigenvalue weighted by molar-refractivity contribution is 7.22. The number of halogens is 1. The number of carbonyl (C=O) groups is 1. The predicted molar refractivity (Wildman–Crippen MR) is 79.1 cm³/mol. The van der Waals surface area contributed by atoms with Crippen LogP contribution in [0.25, 0.3) is 10.2 Å². The lowest BCUT2D eigenvalue weighted by Crippen LogP contribution is -2.01. The van der Waals surface area contributed by atoms with Crippen molar-refractivity contribution in [2.75, 3.05) is 5.32 Å². The van der Waals surface area contributed by atoms with Crippen molar-refractivity contribution in [1.29, 1.82) is 0 Å². The minimum atomic E-state index is -1.09. The van der Waals surface area contributed by atoms with Gasteiger partial charge in [-0.2, -0.15) is 0 Å². The Bertz CT molecular complexity index is 770. The first-order chi connectivity index (χ1) is 9.63. The Hall–Kier alpha value is -2.18. The lowest BCUT2D eigenvalue weighted by Gasteiger charge is -2.03. The molecule has 5 nitrogen and oxygen atoms in total. The Labute approximate surface area is 122 Å². The van der Waals surface area contributed by atoms with Crippen molar-refractivity contribution in [1.82, 2.24) is 9.97 Å². The molecule has 2 aromatic heterocycles. The summed E-state index contributed by atoms with van der Waals surface area (Å²) in [5.74, 6) is -0.699. The summed E-state index contributed by atoms with van der Waals surface area (Å²) in [7, 11) is 0. The number of benzene rings is 1. The van der Waals surface area contributed by atoms with E-state index >= 15 is 0 Å². The van der Waals surface area contributed by atoms with Gasteiger partial charge in [-0.05, 0) is 18.2 Å². The molecule has 100 valence electrons. The Morgan fingerprint density at radius 2 is 2.15 bits per heavy atom. The van der Waals surface area contributed by atoms with Crippen LogP contribution in [-0.4, -0.2) is 21.0 Å². The van der Waals surface area contributed by atoms with E-state index in [0.29, 0.717) is 10.9 Å². The molecule has 0 fully saturated rings. The van der Waals surface area contributed by atoms with Crippen molar-refractivity contribution in [3.05, 3.63) is 47.1 Å². The topological polar surface area (TPSA) is 75.1 Å². The van der Waals surface area contributed by atoms with E-state index in [9.17, 15) is 4.79 Å². The molecule has 1 aromatic carbocycles. The molecule has 7 heteroatoms. The second kappa shape index (κ2) is 5.07. The first kappa shape index (κ1) is 12.8. The second-order valence-corrected chi connectivity index (χ2v) is 5.40. The number of aromatic nitrogens is 2. The molecule has 0 saturated carbocycles. The van der Waals surface area contributed by atoms with Gasteiger partial charge in [0.15, 0.2) is 5.13 Å². The van der Waals surface area contributed by atoms with Crippen LogP contribution in [0.15, 0.2) is 36.5 Å². The molecule has 0 aliphatic rings. The number of thiazole rings is 1. The van der Waals surface area contributed by atoms with E-state index < -0.39 is 5.97 Å². The van der Waals surface area contributed by atoms with Crippen LogP contribution >= 0.6 is 22.9 Å². The van der Waals surface area contributed by atoms with Gasteiger partial charge < -0.3 is 10.4 Å². The average Bonchev–Trinajstić information content (AvgIpc) is 2.82. The number of hydrogen-bond acceptors (Lipinski definition) is 5. The summed E-state index contributed by atoms with van der Waals surface area (Å²) in [6.45, 7) is 0. The second-order valence-electron chi connectivity index (χ2n) is 3.97. The van der Waals surface area contributed by atoms with Crippen molar-refractivity contribution in [3.63, 3.8) is 0 Å². The number of carboxylic acids is 1. The summed E-state index contributed by atoms with van der Waals surface area (Å²) >= 11 is 7.24. The van der Waals surface area contributed by atoms with Crippen LogP contribution in [0.4, 0.5) is 10.9 Å². The molecular weight excluding hydrogens is 298 g/mol. The van der Waals surface area contributed by atoms with Crippen molar-refractivity contribution < 1.29 is 9.90 Å². The van der Waals surface area contributed by atoms with Gasteiger partial charge in [0.2, 0.25) is 0 Å². The number of fused-ring (bicyclic) bond motifs is 1. The Kier molecular flexibility index (Phi) is 3.25. The number of pyridine rings is 1. The quantitative estimate of drug-likeness (QED) is 0.770. The zero-order valence-electron chi connectivity index (χ0n) is 10.0. The van der Waals surface area contributed by atoms with E-state index in [2.05, 4.69) is 15.3 Å². The molecule has 3 rings (SSSR count). The molecule has 2 heterocycles. The van der Waals surface area contributed by atoms with Crippen molar-refractivity contribution in [3.8, 4) is 0 Å². The van der Waals surface area contributed by atoms with E-state index in [-0.39, 0.29) is 10.6 Å². The van der Waals surface area contributed by atoms with E-state index in [4.69, 9.17) is 16.7 Å². The predicted octanol–water partition coefficient (Wildman–Crippen LogP) is 3.79. The van der Waals surface area contributed by atoms with Gasteiger partial charge in [0.05, 0.1) is 20.8 Å². The van der Waals surface area contributed by atoms with Crippen LogP contribution in [0.2, 0.25) is 5.02 Å². The standard InChI is InChI=1S/C13H8ClN3O2S/c14-8-6-15-11(5-7(8)12(18)19)17-13-16-9-3-1-2-4-10(9)20-13/h1-6H,(H,18,19)(H,15,16,17). The summed E-state index contributed by atoms with van der Waals surface area (Å²) < 4.78 is 1.04. The van der Waals surface area contributed by atoms with Gasteiger partial charge in [-0.3, -0.25) is 0 Å². The van der Waals surface area contributed by atoms with Crippen molar-refractivity contribution in [2.24, 2.45) is 0 Å². The Morgan fingerprint density at radius 3 is 2.90 bits per heavy atom. The molecular formula is C13H8ClN3O2S. The molecule has 0 saturated heterocycles. The maximum atomic E-state index is 11.0. The number of nitrogens with zero attached hydrogens (tertiary/aromatic N) is 2. The fourth-order valence-corrected chi connectivity index (χ4v) is 2.76. The van der Waals surface area contributed by atoms with Gasteiger partial charge in [-0.1, -0.05) is 35.1 Å². The molecule has 0 spiro atoms. The fourth-order valence-electron chi connectivity index (χ4n) is 1.71. The molecule has 0 unspecified atom stereocenters. The fraction of sp³-hybridized carbons (Fsp3) is 0. The van der Waals surface area contributed by atoms with E-state index in [0.717, 1.165) is 10.2 Å². The zero-order valence-corrected chi connectivity index (χ0v) is 11.6. The van der Waals surface area contributed by atoms with Gasteiger partial charge in [0, 0.05) is 6.20 Å². The van der Waals surface area contributed by atoms with E-state index in [1.54, 1.807) is 0 Å². The van der Waals surface area contributed by atoms with Gasteiger partial charge in [0.1, 0.15) is 5.82 Å². The number of rotatable bonds is 3. The third-order valence-corrected chi connectivity index (χ3v) is 3.87. The minimum Gasteiger partial charge on any atom is -0.478 e. The first-order valence-corrected chi connectivity index (χ1v) is 6.84. The van der Waals surface area contributed by atoms with Gasteiger partial charge in [-0.25, -0.2) is 14.8 Å². The normalized spacial score (nSPS) is 10.7. The van der Waals surface area contributed by atoms with E-state index in [1.165, 1.54) is 23.6 Å². The Balaban J connectivity index is 1.94. The molecule has 20 heavy (non-hydrogen) atoms. The van der Waals surface area contributed by atoms with Gasteiger partial charge in [0.25, 0.3) is 0 Å². The highest BCUT2D eigenvalue weighted by Crippen LogP contribution is 2.28. The smallest absolute Gasteiger partial charge is 0.337 e. The number of anilines is 2. The van der Waals surface area contributed by atoms with Crippen LogP contribution in [0, 0.1) is 0 Å². The zero-order chi connectivity index (χ0) is 14.1. The van der Waals surface area contributed by atoms with Crippen molar-refractivity contribution in [2.45, 2.75) is 0 Å². The number of nitrogens with one attached hydrogen (secondary N) is 1. The monoisotopic (exact) mass is 305 g/mol. The molecule has 0 aliphatic heterocycles. The summed E-state index contributed by atoms with van der Waals surface area (Å²) in [6, 6.07) is 9.12. The molecule has 2 N–H and O–H groups in total. The summed E-state index contributed by atoms with van der Waals surface area (Å²) in [4.78, 5) is 19.5. The molecule has 0 amide bonds. The van der Waals surface area contributed by atoms with Crippen molar-refractivity contribution >= 4 is 50.1 Å². The first-order valence-electron chi connectivity index (χ1n) is 5.65.